The first-order valence-corrected chi connectivity index (χ1v) is 6.14. The number of carbonyl (C=O) groups is 1. The van der Waals surface area contributed by atoms with Crippen LogP contribution in [-0.4, -0.2) is 37.9 Å². The van der Waals surface area contributed by atoms with Crippen LogP contribution in [0.2, 0.25) is 0 Å². The minimum Gasteiger partial charge on any atom is -0.457 e. The van der Waals surface area contributed by atoms with Crippen molar-refractivity contribution in [2.75, 3.05) is 19.8 Å². The molecular formula is C7H9F6O5P. The van der Waals surface area contributed by atoms with E-state index in [4.69, 9.17) is 0 Å². The Morgan fingerprint density at radius 3 is 1.63 bits per heavy atom. The molecule has 0 radical (unpaired) electrons. The third kappa shape index (κ3) is 8.06. The number of halogens is 6. The Morgan fingerprint density at radius 1 is 1.00 bits per heavy atom. The molecule has 0 rings (SSSR count). The number of hydrogen-bond acceptors (Lipinski definition) is 5. The van der Waals surface area contributed by atoms with Gasteiger partial charge in [0.2, 0.25) is 0 Å². The first-order chi connectivity index (χ1) is 8.40. The monoisotopic (exact) mass is 318 g/mol. The molecule has 0 bridgehead atoms. The highest BCUT2D eigenvalue weighted by Gasteiger charge is 2.44. The first kappa shape index (κ1) is 18.2. The lowest BCUT2D eigenvalue weighted by atomic mass is 10.7. The zero-order chi connectivity index (χ0) is 15.3. The lowest BCUT2D eigenvalue weighted by molar-refractivity contribution is -0.164. The van der Waals surface area contributed by atoms with Gasteiger partial charge in [-0.15, -0.1) is 0 Å². The van der Waals surface area contributed by atoms with Crippen molar-refractivity contribution in [2.24, 2.45) is 0 Å². The quantitative estimate of drug-likeness (QED) is 0.554. The summed E-state index contributed by atoms with van der Waals surface area (Å²) in [6.07, 6.45) is -9.99. The molecule has 0 heterocycles. The highest BCUT2D eigenvalue weighted by molar-refractivity contribution is 7.71. The van der Waals surface area contributed by atoms with Crippen LogP contribution in [0.3, 0.4) is 0 Å². The summed E-state index contributed by atoms with van der Waals surface area (Å²) in [4.78, 5) is 11.0. The summed E-state index contributed by atoms with van der Waals surface area (Å²) in [5.74, 6) is 0. The Labute approximate surface area is 103 Å². The third-order valence-electron chi connectivity index (χ3n) is 1.29. The molecule has 0 aliphatic rings. The van der Waals surface area contributed by atoms with Gasteiger partial charge in [-0.2, -0.15) is 26.3 Å². The molecular weight excluding hydrogens is 309 g/mol. The number of rotatable bonds is 6. The largest absolute Gasteiger partial charge is 0.457 e. The molecule has 0 aromatic carbocycles. The molecule has 5 nitrogen and oxygen atoms in total. The maximum atomic E-state index is 11.8. The van der Waals surface area contributed by atoms with Gasteiger partial charge in [-0.1, -0.05) is 0 Å². The summed E-state index contributed by atoms with van der Waals surface area (Å²) in [6, 6.07) is 0. The van der Waals surface area contributed by atoms with Gasteiger partial charge in [-0.05, 0) is 6.92 Å². The molecule has 0 aliphatic carbocycles. The van der Waals surface area contributed by atoms with E-state index in [1.54, 1.807) is 0 Å². The van der Waals surface area contributed by atoms with Gasteiger partial charge in [0.25, 0.3) is 0 Å². The minimum absolute atomic E-state index is 0.423. The third-order valence-corrected chi connectivity index (χ3v) is 2.80. The lowest BCUT2D eigenvalue weighted by Crippen LogP contribution is -2.22. The zero-order valence-electron chi connectivity index (χ0n) is 9.38. The summed E-state index contributed by atoms with van der Waals surface area (Å²) in [5, 5.41) is 0. The molecule has 0 fully saturated rings. The van der Waals surface area contributed by atoms with Crippen molar-refractivity contribution in [3.8, 4) is 0 Å². The van der Waals surface area contributed by atoms with Crippen LogP contribution < -0.4 is 0 Å². The zero-order valence-corrected chi connectivity index (χ0v) is 10.3. The molecule has 12 heteroatoms. The molecule has 19 heavy (non-hydrogen) atoms. The Morgan fingerprint density at radius 2 is 1.37 bits per heavy atom. The molecule has 0 saturated heterocycles. The van der Waals surface area contributed by atoms with Gasteiger partial charge >= 0.3 is 25.7 Å². The van der Waals surface area contributed by atoms with Crippen LogP contribution in [0, 0.1) is 0 Å². The fourth-order valence-electron chi connectivity index (χ4n) is 0.662. The topological polar surface area (TPSA) is 61.8 Å². The van der Waals surface area contributed by atoms with E-state index in [1.165, 1.54) is 6.92 Å². The van der Waals surface area contributed by atoms with Crippen LogP contribution in [0.5, 0.6) is 0 Å². The standard InChI is InChI=1S/C7H9F6O5P/c1-2-16-5(14)19(15,17-3-6(8,9)10)18-4-7(11,12)13/h2-4H2,1H3. The molecule has 0 unspecified atom stereocenters. The second kappa shape index (κ2) is 6.58. The smallest absolute Gasteiger partial charge is 0.439 e. The second-order valence-electron chi connectivity index (χ2n) is 2.97. The first-order valence-electron chi connectivity index (χ1n) is 4.59. The van der Waals surface area contributed by atoms with Crippen molar-refractivity contribution >= 4 is 13.3 Å². The van der Waals surface area contributed by atoms with Crippen molar-refractivity contribution in [2.45, 2.75) is 19.3 Å². The van der Waals surface area contributed by atoms with E-state index in [1.807, 2.05) is 0 Å². The van der Waals surface area contributed by atoms with E-state index in [2.05, 4.69) is 13.8 Å². The van der Waals surface area contributed by atoms with Crippen molar-refractivity contribution in [1.29, 1.82) is 0 Å². The highest BCUT2D eigenvalue weighted by atomic mass is 31.2. The summed E-state index contributed by atoms with van der Waals surface area (Å²) < 4.78 is 93.8. The maximum Gasteiger partial charge on any atom is 0.439 e. The Balaban J connectivity index is 4.82. The molecule has 0 aromatic heterocycles. The van der Waals surface area contributed by atoms with Gasteiger partial charge < -0.3 is 4.74 Å². The van der Waals surface area contributed by atoms with Gasteiger partial charge in [-0.25, -0.2) is 9.36 Å². The van der Waals surface area contributed by atoms with Gasteiger partial charge in [0.15, 0.2) is 13.2 Å². The van der Waals surface area contributed by atoms with E-state index in [0.717, 1.165) is 0 Å². The predicted molar refractivity (Wildman–Crippen MR) is 48.6 cm³/mol. The van der Waals surface area contributed by atoms with E-state index < -0.39 is 45.5 Å². The predicted octanol–water partition coefficient (Wildman–Crippen LogP) is 3.49. The van der Waals surface area contributed by atoms with Crippen molar-refractivity contribution in [3.05, 3.63) is 0 Å². The fraction of sp³-hybridized carbons (Fsp3) is 0.857. The molecule has 0 aliphatic heterocycles. The molecule has 114 valence electrons. The minimum atomic E-state index is -5.32. The Bertz CT molecular complexity index is 329. The summed E-state index contributed by atoms with van der Waals surface area (Å²) in [7, 11) is -5.32. The van der Waals surface area contributed by atoms with E-state index in [0.29, 0.717) is 0 Å². The number of alkyl halides is 6. The number of ether oxygens (including phenoxy) is 1. The maximum absolute atomic E-state index is 11.8. The van der Waals surface area contributed by atoms with Gasteiger partial charge in [0, 0.05) is 0 Å². The molecule has 0 N–H and O–H groups in total. The number of carbonyl (C=O) groups excluding carboxylic acids is 1. The van der Waals surface area contributed by atoms with Crippen LogP contribution in [0.4, 0.5) is 31.1 Å². The normalized spacial score (nSPS) is 13.4. The van der Waals surface area contributed by atoms with Gasteiger partial charge in [-0.3, -0.25) is 9.05 Å². The molecule has 0 amide bonds. The highest BCUT2D eigenvalue weighted by Crippen LogP contribution is 2.51. The summed E-state index contributed by atoms with van der Waals surface area (Å²) in [6.45, 7) is -3.63. The average Bonchev–Trinajstić information content (AvgIpc) is 2.22. The van der Waals surface area contributed by atoms with E-state index in [-0.39, 0.29) is 0 Å². The Kier molecular flexibility index (Phi) is 6.30. The molecule has 0 saturated carbocycles. The summed E-state index contributed by atoms with van der Waals surface area (Å²) in [5.41, 5.74) is -1.91. The van der Waals surface area contributed by atoms with Crippen molar-refractivity contribution in [1.82, 2.24) is 0 Å². The van der Waals surface area contributed by atoms with Gasteiger partial charge in [0.1, 0.15) is 0 Å². The molecule has 0 atom stereocenters. The lowest BCUT2D eigenvalue weighted by Gasteiger charge is -2.18. The van der Waals surface area contributed by atoms with Crippen LogP contribution in [0.25, 0.3) is 0 Å². The second-order valence-corrected chi connectivity index (χ2v) is 4.85. The molecule has 0 aromatic rings. The van der Waals surface area contributed by atoms with Crippen LogP contribution in [-0.2, 0) is 18.3 Å². The van der Waals surface area contributed by atoms with Crippen molar-refractivity contribution < 1.29 is 49.5 Å². The van der Waals surface area contributed by atoms with Crippen LogP contribution >= 0.6 is 7.60 Å². The van der Waals surface area contributed by atoms with Gasteiger partial charge in [0.05, 0.1) is 6.61 Å². The van der Waals surface area contributed by atoms with Crippen LogP contribution in [0.1, 0.15) is 6.92 Å². The summed E-state index contributed by atoms with van der Waals surface area (Å²) >= 11 is 0. The average molecular weight is 318 g/mol. The SMILES string of the molecule is CCOC(=O)P(=O)(OCC(F)(F)F)OCC(F)(F)F. The number of hydrogen-bond donors (Lipinski definition) is 0. The fourth-order valence-corrected chi connectivity index (χ4v) is 1.87. The van der Waals surface area contributed by atoms with Crippen LogP contribution in [0.15, 0.2) is 0 Å². The van der Waals surface area contributed by atoms with E-state index in [9.17, 15) is 35.7 Å². The molecule has 0 spiro atoms. The van der Waals surface area contributed by atoms with E-state index >= 15 is 0 Å². The van der Waals surface area contributed by atoms with Crippen molar-refractivity contribution in [3.63, 3.8) is 0 Å². The Hall–Kier alpha value is -0.800.